The van der Waals surface area contributed by atoms with Gasteiger partial charge in [0.15, 0.2) is 0 Å². The average Bonchev–Trinajstić information content (AvgIpc) is 2.84. The van der Waals surface area contributed by atoms with Crippen molar-refractivity contribution in [2.45, 2.75) is 30.7 Å². The first-order valence-corrected chi connectivity index (χ1v) is 9.95. The van der Waals surface area contributed by atoms with Crippen LogP contribution in [0.3, 0.4) is 0 Å². The van der Waals surface area contributed by atoms with Gasteiger partial charge in [0.1, 0.15) is 0 Å². The van der Waals surface area contributed by atoms with Crippen LogP contribution in [0.25, 0.3) is 0 Å². The summed E-state index contributed by atoms with van der Waals surface area (Å²) in [5.41, 5.74) is 1.83. The van der Waals surface area contributed by atoms with Crippen molar-refractivity contribution in [2.24, 2.45) is 0 Å². The van der Waals surface area contributed by atoms with E-state index >= 15 is 0 Å². The van der Waals surface area contributed by atoms with Crippen LogP contribution in [0, 0.1) is 0 Å². The zero-order chi connectivity index (χ0) is 18.5. The number of carbonyl (C=O) groups is 2. The second kappa shape index (κ2) is 8.60. The minimum absolute atomic E-state index is 0.00801. The maximum absolute atomic E-state index is 13.1. The monoisotopic (exact) mass is 388 g/mol. The largest absolute Gasteiger partial charge is 0.349 e. The third-order valence-electron chi connectivity index (χ3n) is 4.27. The van der Waals surface area contributed by atoms with Crippen LogP contribution in [0.2, 0.25) is 5.02 Å². The maximum Gasteiger partial charge on any atom is 0.229 e. The fraction of sp³-hybridized carbons (Fsp3) is 0.300. The Bertz CT molecular complexity index is 795. The quantitative estimate of drug-likeness (QED) is 0.842. The summed E-state index contributed by atoms with van der Waals surface area (Å²) in [6.07, 6.45) is 1.15. The van der Waals surface area contributed by atoms with Crippen LogP contribution >= 0.6 is 23.4 Å². The molecule has 3 rings (SSSR count). The average molecular weight is 389 g/mol. The van der Waals surface area contributed by atoms with Gasteiger partial charge in [0, 0.05) is 23.4 Å². The molecular formula is C20H21ClN2O2S. The molecular weight excluding hydrogens is 368 g/mol. The molecule has 2 aromatic carbocycles. The molecule has 1 N–H and O–H groups in total. The van der Waals surface area contributed by atoms with Crippen molar-refractivity contribution < 1.29 is 9.59 Å². The highest BCUT2D eigenvalue weighted by atomic mass is 35.5. The van der Waals surface area contributed by atoms with Crippen LogP contribution < -0.4 is 10.2 Å². The summed E-state index contributed by atoms with van der Waals surface area (Å²) in [5.74, 6) is 0.839. The second-order valence-corrected chi connectivity index (χ2v) is 7.80. The molecule has 1 atom stereocenters. The number of benzene rings is 2. The predicted molar refractivity (Wildman–Crippen MR) is 107 cm³/mol. The summed E-state index contributed by atoms with van der Waals surface area (Å²) in [5, 5.41) is 3.52. The number of thioether (sulfide) groups is 1. The van der Waals surface area contributed by atoms with Crippen LogP contribution in [-0.4, -0.2) is 24.1 Å². The summed E-state index contributed by atoms with van der Waals surface area (Å²) >= 11 is 7.74. The van der Waals surface area contributed by atoms with Crippen molar-refractivity contribution in [3.05, 3.63) is 59.1 Å². The molecule has 1 unspecified atom stereocenters. The van der Waals surface area contributed by atoms with E-state index in [-0.39, 0.29) is 24.3 Å². The van der Waals surface area contributed by atoms with Crippen LogP contribution in [0.4, 0.5) is 5.69 Å². The lowest BCUT2D eigenvalue weighted by Gasteiger charge is -2.26. The number of para-hydroxylation sites is 1. The van der Waals surface area contributed by atoms with E-state index < -0.39 is 0 Å². The van der Waals surface area contributed by atoms with E-state index in [2.05, 4.69) is 11.4 Å². The molecule has 0 saturated carbocycles. The molecule has 1 aliphatic heterocycles. The molecule has 0 fully saturated rings. The first kappa shape index (κ1) is 18.8. The lowest BCUT2D eigenvalue weighted by atomic mass is 10.0. The van der Waals surface area contributed by atoms with Gasteiger partial charge in [-0.05, 0) is 42.0 Å². The Hall–Kier alpha value is -1.98. The number of hydrogen-bond acceptors (Lipinski definition) is 3. The van der Waals surface area contributed by atoms with Gasteiger partial charge in [-0.2, -0.15) is 0 Å². The number of nitrogens with one attached hydrogen (secondary N) is 1. The molecule has 2 amide bonds. The van der Waals surface area contributed by atoms with Gasteiger partial charge in [-0.1, -0.05) is 35.9 Å². The van der Waals surface area contributed by atoms with E-state index in [0.29, 0.717) is 11.6 Å². The number of hydrogen-bond donors (Lipinski definition) is 1. The summed E-state index contributed by atoms with van der Waals surface area (Å²) < 4.78 is 0. The molecule has 1 heterocycles. The second-order valence-electron chi connectivity index (χ2n) is 6.22. The molecule has 0 aliphatic carbocycles. The Kier molecular flexibility index (Phi) is 6.22. The van der Waals surface area contributed by atoms with Crippen molar-refractivity contribution in [2.75, 3.05) is 17.2 Å². The normalized spacial score (nSPS) is 14.9. The third kappa shape index (κ3) is 4.59. The molecule has 4 nitrogen and oxygen atoms in total. The lowest BCUT2D eigenvalue weighted by Crippen LogP contribution is -2.36. The van der Waals surface area contributed by atoms with Gasteiger partial charge < -0.3 is 10.2 Å². The van der Waals surface area contributed by atoms with Gasteiger partial charge in [-0.3, -0.25) is 9.59 Å². The maximum atomic E-state index is 13.1. The van der Waals surface area contributed by atoms with Crippen LogP contribution in [0.15, 0.2) is 53.4 Å². The van der Waals surface area contributed by atoms with Gasteiger partial charge in [0.2, 0.25) is 11.8 Å². The number of rotatable bonds is 4. The van der Waals surface area contributed by atoms with Gasteiger partial charge in [0.05, 0.1) is 18.2 Å². The Morgan fingerprint density at radius 2 is 1.92 bits per heavy atom. The van der Waals surface area contributed by atoms with Gasteiger partial charge in [0.25, 0.3) is 0 Å². The number of fused-ring (bicyclic) bond motifs is 1. The van der Waals surface area contributed by atoms with Crippen molar-refractivity contribution >= 4 is 40.9 Å². The van der Waals surface area contributed by atoms with Crippen molar-refractivity contribution in [1.29, 1.82) is 0 Å². The molecule has 6 heteroatoms. The SMILES string of the molecule is CC(=O)NC(CC(=O)N1CCCSc2ccccc21)c1ccc(Cl)cc1. The standard InChI is InChI=1S/C20H21ClN2O2S/c1-14(24)22-17(15-7-9-16(21)10-8-15)13-20(25)23-11-4-12-26-19-6-3-2-5-18(19)23/h2-3,5-10,17H,4,11-13H2,1H3,(H,22,24). The summed E-state index contributed by atoms with van der Waals surface area (Å²) in [4.78, 5) is 27.7. The lowest BCUT2D eigenvalue weighted by molar-refractivity contribution is -0.121. The fourth-order valence-corrected chi connectivity index (χ4v) is 4.18. The van der Waals surface area contributed by atoms with Crippen LogP contribution in [0.1, 0.15) is 31.4 Å². The zero-order valence-corrected chi connectivity index (χ0v) is 16.1. The topological polar surface area (TPSA) is 49.4 Å². The Morgan fingerprint density at radius 3 is 2.65 bits per heavy atom. The van der Waals surface area contributed by atoms with E-state index in [1.165, 1.54) is 6.92 Å². The highest BCUT2D eigenvalue weighted by Crippen LogP contribution is 2.34. The highest BCUT2D eigenvalue weighted by Gasteiger charge is 2.25. The summed E-state index contributed by atoms with van der Waals surface area (Å²) in [6, 6.07) is 14.9. The van der Waals surface area contributed by atoms with E-state index in [4.69, 9.17) is 11.6 Å². The molecule has 0 radical (unpaired) electrons. The van der Waals surface area contributed by atoms with E-state index in [0.717, 1.165) is 28.3 Å². The third-order valence-corrected chi connectivity index (χ3v) is 5.67. The minimum atomic E-state index is -0.375. The van der Waals surface area contributed by atoms with E-state index in [1.807, 2.05) is 35.2 Å². The highest BCUT2D eigenvalue weighted by molar-refractivity contribution is 7.99. The Balaban J connectivity index is 1.83. The molecule has 136 valence electrons. The molecule has 0 bridgehead atoms. The first-order valence-electron chi connectivity index (χ1n) is 8.59. The minimum Gasteiger partial charge on any atom is -0.349 e. The van der Waals surface area contributed by atoms with Gasteiger partial charge >= 0.3 is 0 Å². The number of amides is 2. The first-order chi connectivity index (χ1) is 12.5. The van der Waals surface area contributed by atoms with E-state index in [1.54, 1.807) is 23.9 Å². The number of carbonyl (C=O) groups excluding carboxylic acids is 2. The van der Waals surface area contributed by atoms with Crippen LogP contribution in [0.5, 0.6) is 0 Å². The summed E-state index contributed by atoms with van der Waals surface area (Å²) in [6.45, 7) is 2.15. The zero-order valence-electron chi connectivity index (χ0n) is 14.6. The van der Waals surface area contributed by atoms with Crippen molar-refractivity contribution in [1.82, 2.24) is 5.32 Å². The molecule has 0 spiro atoms. The number of halogens is 1. The molecule has 0 aromatic heterocycles. The Morgan fingerprint density at radius 1 is 1.19 bits per heavy atom. The molecule has 0 saturated heterocycles. The summed E-state index contributed by atoms with van der Waals surface area (Å²) in [7, 11) is 0. The van der Waals surface area contributed by atoms with Gasteiger partial charge in [-0.25, -0.2) is 0 Å². The molecule has 1 aliphatic rings. The fourth-order valence-electron chi connectivity index (χ4n) is 3.06. The van der Waals surface area contributed by atoms with Crippen LogP contribution in [-0.2, 0) is 9.59 Å². The van der Waals surface area contributed by atoms with Gasteiger partial charge in [-0.15, -0.1) is 11.8 Å². The van der Waals surface area contributed by atoms with Crippen molar-refractivity contribution in [3.63, 3.8) is 0 Å². The molecule has 26 heavy (non-hydrogen) atoms. The van der Waals surface area contributed by atoms with E-state index in [9.17, 15) is 9.59 Å². The molecule has 2 aromatic rings. The number of anilines is 1. The Labute approximate surface area is 162 Å². The number of nitrogens with zero attached hydrogens (tertiary/aromatic N) is 1. The van der Waals surface area contributed by atoms with Crippen molar-refractivity contribution in [3.8, 4) is 0 Å². The smallest absolute Gasteiger partial charge is 0.229 e. The predicted octanol–water partition coefficient (Wildman–Crippen LogP) is 4.44.